The van der Waals surface area contributed by atoms with E-state index in [-0.39, 0.29) is 0 Å². The van der Waals surface area contributed by atoms with E-state index in [2.05, 4.69) is 28.0 Å². The van der Waals surface area contributed by atoms with Gasteiger partial charge in [0.25, 0.3) is 0 Å². The Kier molecular flexibility index (Phi) is 3.80. The number of aryl methyl sites for hydroxylation is 2. The second-order valence-corrected chi connectivity index (χ2v) is 3.36. The normalized spacial score (nSPS) is 10.4. The molecule has 0 unspecified atom stereocenters. The molecule has 0 aliphatic carbocycles. The van der Waals surface area contributed by atoms with Crippen LogP contribution in [0.25, 0.3) is 0 Å². The van der Waals surface area contributed by atoms with Crippen molar-refractivity contribution < 1.29 is 0 Å². The molecule has 0 amide bonds. The van der Waals surface area contributed by atoms with Crippen molar-refractivity contribution in [1.82, 2.24) is 9.55 Å². The minimum Gasteiger partial charge on any atom is -0.359 e. The Balaban J connectivity index is 2.53. The van der Waals surface area contributed by atoms with Crippen LogP contribution in [0, 0.1) is 6.92 Å². The highest BCUT2D eigenvalue weighted by molar-refractivity contribution is 5.27. The SMILES string of the molecule is CCCCCn1cc(C)nc1NC. The summed E-state index contributed by atoms with van der Waals surface area (Å²) in [6.07, 6.45) is 5.89. The average Bonchev–Trinajstić information content (AvgIpc) is 2.47. The van der Waals surface area contributed by atoms with Gasteiger partial charge in [-0.3, -0.25) is 0 Å². The smallest absolute Gasteiger partial charge is 0.202 e. The number of imidazole rings is 1. The third-order valence-electron chi connectivity index (χ3n) is 2.12. The molecule has 74 valence electrons. The number of hydrogen-bond acceptors (Lipinski definition) is 2. The number of anilines is 1. The summed E-state index contributed by atoms with van der Waals surface area (Å²) < 4.78 is 2.19. The Morgan fingerprint density at radius 1 is 1.46 bits per heavy atom. The van der Waals surface area contributed by atoms with Crippen LogP contribution in [0.15, 0.2) is 6.20 Å². The van der Waals surface area contributed by atoms with Crippen molar-refractivity contribution in [2.75, 3.05) is 12.4 Å². The lowest BCUT2D eigenvalue weighted by Crippen LogP contribution is -2.02. The molecule has 0 bridgehead atoms. The monoisotopic (exact) mass is 181 g/mol. The molecule has 0 saturated heterocycles. The van der Waals surface area contributed by atoms with Gasteiger partial charge in [-0.2, -0.15) is 0 Å². The number of rotatable bonds is 5. The zero-order chi connectivity index (χ0) is 9.68. The fourth-order valence-corrected chi connectivity index (χ4v) is 1.45. The van der Waals surface area contributed by atoms with Gasteiger partial charge in [0.15, 0.2) is 0 Å². The minimum atomic E-state index is 0.980. The first-order valence-electron chi connectivity index (χ1n) is 4.99. The number of aromatic nitrogens is 2. The van der Waals surface area contributed by atoms with E-state index in [1.807, 2.05) is 14.0 Å². The lowest BCUT2D eigenvalue weighted by Gasteiger charge is -2.05. The van der Waals surface area contributed by atoms with Crippen LogP contribution in [0.1, 0.15) is 31.9 Å². The first-order valence-corrected chi connectivity index (χ1v) is 4.99. The van der Waals surface area contributed by atoms with Gasteiger partial charge in [-0.25, -0.2) is 4.98 Å². The van der Waals surface area contributed by atoms with E-state index in [4.69, 9.17) is 0 Å². The van der Waals surface area contributed by atoms with Crippen LogP contribution in [0.2, 0.25) is 0 Å². The second kappa shape index (κ2) is 4.90. The van der Waals surface area contributed by atoms with E-state index in [0.29, 0.717) is 0 Å². The van der Waals surface area contributed by atoms with E-state index in [0.717, 1.165) is 18.2 Å². The third-order valence-corrected chi connectivity index (χ3v) is 2.12. The molecule has 0 spiro atoms. The number of nitrogens with zero attached hydrogens (tertiary/aromatic N) is 2. The molecule has 0 aliphatic heterocycles. The number of unbranched alkanes of at least 4 members (excludes halogenated alkanes) is 2. The predicted molar refractivity (Wildman–Crippen MR) is 56.0 cm³/mol. The van der Waals surface area contributed by atoms with Crippen LogP contribution < -0.4 is 5.32 Å². The van der Waals surface area contributed by atoms with Gasteiger partial charge in [-0.05, 0) is 13.3 Å². The topological polar surface area (TPSA) is 29.9 Å². The molecular formula is C10H19N3. The van der Waals surface area contributed by atoms with Gasteiger partial charge in [0.05, 0.1) is 5.69 Å². The third kappa shape index (κ3) is 2.76. The van der Waals surface area contributed by atoms with Crippen molar-refractivity contribution in [3.8, 4) is 0 Å². The molecule has 0 radical (unpaired) electrons. The molecule has 3 nitrogen and oxygen atoms in total. The molecule has 0 aromatic carbocycles. The first kappa shape index (κ1) is 10.1. The van der Waals surface area contributed by atoms with Crippen LogP contribution >= 0.6 is 0 Å². The molecule has 1 N–H and O–H groups in total. The molecule has 1 rings (SSSR count). The molecule has 0 aliphatic rings. The Hall–Kier alpha value is -0.990. The molecular weight excluding hydrogens is 162 g/mol. The van der Waals surface area contributed by atoms with Crippen LogP contribution in [0.4, 0.5) is 5.95 Å². The molecule has 13 heavy (non-hydrogen) atoms. The van der Waals surface area contributed by atoms with Gasteiger partial charge in [0.2, 0.25) is 5.95 Å². The Morgan fingerprint density at radius 2 is 2.23 bits per heavy atom. The molecule has 3 heteroatoms. The summed E-state index contributed by atoms with van der Waals surface area (Å²) in [5.41, 5.74) is 1.08. The fraction of sp³-hybridized carbons (Fsp3) is 0.700. The molecule has 1 aromatic rings. The maximum atomic E-state index is 4.36. The van der Waals surface area contributed by atoms with Crippen molar-refractivity contribution in [1.29, 1.82) is 0 Å². The Morgan fingerprint density at radius 3 is 2.85 bits per heavy atom. The van der Waals surface area contributed by atoms with Gasteiger partial charge in [0, 0.05) is 19.8 Å². The average molecular weight is 181 g/mol. The Bertz CT molecular complexity index is 253. The molecule has 1 aromatic heterocycles. The van der Waals surface area contributed by atoms with Crippen LogP contribution in [-0.2, 0) is 6.54 Å². The molecule has 0 saturated carbocycles. The summed E-state index contributed by atoms with van der Waals surface area (Å²) >= 11 is 0. The van der Waals surface area contributed by atoms with E-state index in [1.165, 1.54) is 19.3 Å². The van der Waals surface area contributed by atoms with Crippen molar-refractivity contribution in [2.45, 2.75) is 39.7 Å². The summed E-state index contributed by atoms with van der Waals surface area (Å²) in [4.78, 5) is 4.36. The maximum absolute atomic E-state index is 4.36. The summed E-state index contributed by atoms with van der Waals surface area (Å²) in [5.74, 6) is 0.980. The van der Waals surface area contributed by atoms with Crippen LogP contribution in [-0.4, -0.2) is 16.6 Å². The van der Waals surface area contributed by atoms with Crippen molar-refractivity contribution in [3.05, 3.63) is 11.9 Å². The first-order chi connectivity index (χ1) is 6.27. The van der Waals surface area contributed by atoms with E-state index in [9.17, 15) is 0 Å². The highest BCUT2D eigenvalue weighted by atomic mass is 15.2. The van der Waals surface area contributed by atoms with Crippen molar-refractivity contribution in [3.63, 3.8) is 0 Å². The lowest BCUT2D eigenvalue weighted by molar-refractivity contribution is 0.606. The minimum absolute atomic E-state index is 0.980. The van der Waals surface area contributed by atoms with Gasteiger partial charge >= 0.3 is 0 Å². The quantitative estimate of drug-likeness (QED) is 0.707. The van der Waals surface area contributed by atoms with Gasteiger partial charge in [0.1, 0.15) is 0 Å². The zero-order valence-electron chi connectivity index (χ0n) is 8.80. The number of hydrogen-bond donors (Lipinski definition) is 1. The predicted octanol–water partition coefficient (Wildman–Crippen LogP) is 2.42. The van der Waals surface area contributed by atoms with Crippen molar-refractivity contribution >= 4 is 5.95 Å². The van der Waals surface area contributed by atoms with Crippen LogP contribution in [0.3, 0.4) is 0 Å². The number of nitrogens with one attached hydrogen (secondary N) is 1. The Labute approximate surface area is 80.2 Å². The molecule has 0 fully saturated rings. The summed E-state index contributed by atoms with van der Waals surface area (Å²) in [6.45, 7) is 5.32. The molecule has 1 heterocycles. The summed E-state index contributed by atoms with van der Waals surface area (Å²) in [5, 5.41) is 3.10. The molecule has 0 atom stereocenters. The van der Waals surface area contributed by atoms with Gasteiger partial charge in [-0.1, -0.05) is 19.8 Å². The van der Waals surface area contributed by atoms with Crippen LogP contribution in [0.5, 0.6) is 0 Å². The van der Waals surface area contributed by atoms with E-state index >= 15 is 0 Å². The summed E-state index contributed by atoms with van der Waals surface area (Å²) in [7, 11) is 1.91. The highest BCUT2D eigenvalue weighted by Crippen LogP contribution is 2.09. The second-order valence-electron chi connectivity index (χ2n) is 3.36. The largest absolute Gasteiger partial charge is 0.359 e. The van der Waals surface area contributed by atoms with Crippen molar-refractivity contribution in [2.24, 2.45) is 0 Å². The lowest BCUT2D eigenvalue weighted by atomic mass is 10.2. The van der Waals surface area contributed by atoms with Gasteiger partial charge in [-0.15, -0.1) is 0 Å². The van der Waals surface area contributed by atoms with E-state index in [1.54, 1.807) is 0 Å². The zero-order valence-corrected chi connectivity index (χ0v) is 8.80. The van der Waals surface area contributed by atoms with Gasteiger partial charge < -0.3 is 9.88 Å². The fourth-order valence-electron chi connectivity index (χ4n) is 1.45. The highest BCUT2D eigenvalue weighted by Gasteiger charge is 2.01. The van der Waals surface area contributed by atoms with E-state index < -0.39 is 0 Å². The summed E-state index contributed by atoms with van der Waals surface area (Å²) in [6, 6.07) is 0. The maximum Gasteiger partial charge on any atom is 0.202 e. The standard InChI is InChI=1S/C10H19N3/c1-4-5-6-7-13-8-9(2)12-10(13)11-3/h8H,4-7H2,1-3H3,(H,11,12).